The average molecular weight is 377 g/mol. The lowest BCUT2D eigenvalue weighted by Gasteiger charge is -2.12. The van der Waals surface area contributed by atoms with Crippen molar-refractivity contribution in [3.8, 4) is 22.4 Å². The fourth-order valence-electron chi connectivity index (χ4n) is 3.16. The van der Waals surface area contributed by atoms with Gasteiger partial charge in [-0.05, 0) is 36.8 Å². The van der Waals surface area contributed by atoms with Crippen molar-refractivity contribution in [1.29, 1.82) is 0 Å². The molecule has 0 saturated carbocycles. The summed E-state index contributed by atoms with van der Waals surface area (Å²) < 4.78 is 30.3. The van der Waals surface area contributed by atoms with E-state index in [0.717, 1.165) is 23.0 Å². The third-order valence-corrected chi connectivity index (χ3v) is 4.51. The van der Waals surface area contributed by atoms with Crippen molar-refractivity contribution in [2.75, 3.05) is 6.54 Å². The minimum atomic E-state index is -1.04. The molecule has 4 rings (SSSR count). The molecule has 4 aromatic rings. The predicted molar refractivity (Wildman–Crippen MR) is 104 cm³/mol. The van der Waals surface area contributed by atoms with Crippen molar-refractivity contribution in [2.24, 2.45) is 0 Å². The number of hydrogen-bond donors (Lipinski definition) is 1. The first kappa shape index (κ1) is 17.9. The van der Waals surface area contributed by atoms with Crippen LogP contribution in [-0.2, 0) is 0 Å². The SMILES string of the molecule is CCNC(=O)c1ccc(F)c(F)c1-c1ccc(-c2cn3ccccc3n2)cc1. The van der Waals surface area contributed by atoms with E-state index in [4.69, 9.17) is 0 Å². The molecule has 0 unspecified atom stereocenters. The summed E-state index contributed by atoms with van der Waals surface area (Å²) in [5.74, 6) is -2.47. The van der Waals surface area contributed by atoms with Crippen LogP contribution in [0.15, 0.2) is 67.0 Å². The van der Waals surface area contributed by atoms with E-state index >= 15 is 0 Å². The van der Waals surface area contributed by atoms with Crippen LogP contribution < -0.4 is 5.32 Å². The van der Waals surface area contributed by atoms with E-state index in [-0.39, 0.29) is 11.1 Å². The van der Waals surface area contributed by atoms with Gasteiger partial charge in [0.2, 0.25) is 0 Å². The molecule has 0 aliphatic carbocycles. The lowest BCUT2D eigenvalue weighted by atomic mass is 9.96. The number of fused-ring (bicyclic) bond motifs is 1. The predicted octanol–water partition coefficient (Wildman–Crippen LogP) is 4.70. The molecule has 1 amide bonds. The number of nitrogens with zero attached hydrogens (tertiary/aromatic N) is 2. The molecule has 0 atom stereocenters. The van der Waals surface area contributed by atoms with Gasteiger partial charge in [-0.15, -0.1) is 0 Å². The number of nitrogens with one attached hydrogen (secondary N) is 1. The number of aromatic nitrogens is 2. The van der Waals surface area contributed by atoms with Gasteiger partial charge >= 0.3 is 0 Å². The van der Waals surface area contributed by atoms with Gasteiger partial charge < -0.3 is 9.72 Å². The summed E-state index contributed by atoms with van der Waals surface area (Å²) in [6.45, 7) is 2.16. The second kappa shape index (κ2) is 7.23. The van der Waals surface area contributed by atoms with Gasteiger partial charge in [0, 0.05) is 30.1 Å². The first-order valence-electron chi connectivity index (χ1n) is 8.89. The van der Waals surface area contributed by atoms with E-state index in [2.05, 4.69) is 10.3 Å². The Balaban J connectivity index is 1.76. The van der Waals surface area contributed by atoms with Gasteiger partial charge in [-0.2, -0.15) is 0 Å². The van der Waals surface area contributed by atoms with E-state index < -0.39 is 17.5 Å². The first-order valence-corrected chi connectivity index (χ1v) is 8.89. The van der Waals surface area contributed by atoms with Crippen molar-refractivity contribution in [1.82, 2.24) is 14.7 Å². The van der Waals surface area contributed by atoms with Crippen molar-refractivity contribution in [3.05, 3.63) is 84.2 Å². The zero-order valence-electron chi connectivity index (χ0n) is 15.1. The first-order chi connectivity index (χ1) is 13.6. The molecule has 0 fully saturated rings. The standard InChI is InChI=1S/C22H17F2N3O/c1-2-25-22(28)16-10-11-17(23)21(24)20(16)15-8-6-14(7-9-15)18-13-27-12-4-3-5-19(27)26-18/h3-13H,2H2,1H3,(H,25,28). The minimum Gasteiger partial charge on any atom is -0.352 e. The van der Waals surface area contributed by atoms with Crippen molar-refractivity contribution in [3.63, 3.8) is 0 Å². The molecule has 4 nitrogen and oxygen atoms in total. The Morgan fingerprint density at radius 1 is 1.04 bits per heavy atom. The maximum Gasteiger partial charge on any atom is 0.252 e. The molecule has 1 N–H and O–H groups in total. The van der Waals surface area contributed by atoms with Crippen LogP contribution in [0.2, 0.25) is 0 Å². The van der Waals surface area contributed by atoms with E-state index in [0.29, 0.717) is 12.1 Å². The summed E-state index contributed by atoms with van der Waals surface area (Å²) >= 11 is 0. The summed E-state index contributed by atoms with van der Waals surface area (Å²) in [5.41, 5.74) is 2.89. The molecule has 6 heteroatoms. The van der Waals surface area contributed by atoms with Gasteiger partial charge in [0.05, 0.1) is 11.3 Å². The second-order valence-corrected chi connectivity index (χ2v) is 6.31. The zero-order chi connectivity index (χ0) is 19.7. The number of rotatable bonds is 4. The number of pyridine rings is 1. The van der Waals surface area contributed by atoms with Crippen LogP contribution in [0, 0.1) is 11.6 Å². The van der Waals surface area contributed by atoms with Gasteiger partial charge in [-0.3, -0.25) is 4.79 Å². The Bertz CT molecular complexity index is 1130. The number of carbonyl (C=O) groups is 1. The average Bonchev–Trinajstić information content (AvgIpc) is 3.14. The van der Waals surface area contributed by atoms with Gasteiger partial charge in [0.15, 0.2) is 11.6 Å². The lowest BCUT2D eigenvalue weighted by Crippen LogP contribution is -2.23. The van der Waals surface area contributed by atoms with Crippen LogP contribution in [0.1, 0.15) is 17.3 Å². The number of halogens is 2. The Hall–Kier alpha value is -3.54. The molecular weight excluding hydrogens is 360 g/mol. The number of benzene rings is 2. The molecule has 2 aromatic carbocycles. The van der Waals surface area contributed by atoms with E-state index in [1.54, 1.807) is 31.2 Å². The van der Waals surface area contributed by atoms with E-state index in [9.17, 15) is 13.6 Å². The highest BCUT2D eigenvalue weighted by molar-refractivity contribution is 6.01. The number of carbonyl (C=O) groups excluding carboxylic acids is 1. The van der Waals surface area contributed by atoms with Gasteiger partial charge in [-0.25, -0.2) is 13.8 Å². The Labute approximate surface area is 160 Å². The lowest BCUT2D eigenvalue weighted by molar-refractivity contribution is 0.0956. The Morgan fingerprint density at radius 3 is 2.50 bits per heavy atom. The zero-order valence-corrected chi connectivity index (χ0v) is 15.1. The molecule has 0 aliphatic heterocycles. The van der Waals surface area contributed by atoms with E-state index in [1.807, 2.05) is 35.0 Å². The fourth-order valence-corrected chi connectivity index (χ4v) is 3.16. The van der Waals surface area contributed by atoms with E-state index in [1.165, 1.54) is 6.07 Å². The molecule has 0 aliphatic rings. The number of amides is 1. The molecule has 0 saturated heterocycles. The number of hydrogen-bond acceptors (Lipinski definition) is 2. The quantitative estimate of drug-likeness (QED) is 0.561. The van der Waals surface area contributed by atoms with Crippen LogP contribution in [0.3, 0.4) is 0 Å². The summed E-state index contributed by atoms with van der Waals surface area (Å²) in [4.78, 5) is 16.8. The smallest absolute Gasteiger partial charge is 0.252 e. The number of imidazole rings is 1. The maximum atomic E-state index is 14.5. The maximum absolute atomic E-state index is 14.5. The second-order valence-electron chi connectivity index (χ2n) is 6.31. The van der Waals surface area contributed by atoms with Gasteiger partial charge in [0.1, 0.15) is 5.65 Å². The molecule has 0 bridgehead atoms. The molecule has 2 heterocycles. The van der Waals surface area contributed by atoms with Crippen LogP contribution in [-0.4, -0.2) is 21.8 Å². The van der Waals surface area contributed by atoms with Crippen LogP contribution in [0.4, 0.5) is 8.78 Å². The van der Waals surface area contributed by atoms with Crippen LogP contribution in [0.5, 0.6) is 0 Å². The highest BCUT2D eigenvalue weighted by Crippen LogP contribution is 2.30. The topological polar surface area (TPSA) is 46.4 Å². The molecule has 0 spiro atoms. The summed E-state index contributed by atoms with van der Waals surface area (Å²) in [6, 6.07) is 14.9. The normalized spacial score (nSPS) is 11.0. The highest BCUT2D eigenvalue weighted by Gasteiger charge is 2.20. The fraction of sp³-hybridized carbons (Fsp3) is 0.0909. The Morgan fingerprint density at radius 2 is 1.79 bits per heavy atom. The molecular formula is C22H17F2N3O. The molecule has 28 heavy (non-hydrogen) atoms. The molecule has 0 radical (unpaired) electrons. The summed E-state index contributed by atoms with van der Waals surface area (Å²) in [6.07, 6.45) is 3.80. The van der Waals surface area contributed by atoms with Crippen molar-refractivity contribution >= 4 is 11.6 Å². The molecule has 140 valence electrons. The summed E-state index contributed by atoms with van der Waals surface area (Å²) in [7, 11) is 0. The van der Waals surface area contributed by atoms with Crippen LogP contribution in [0.25, 0.3) is 28.0 Å². The largest absolute Gasteiger partial charge is 0.352 e. The van der Waals surface area contributed by atoms with Crippen molar-refractivity contribution in [2.45, 2.75) is 6.92 Å². The van der Waals surface area contributed by atoms with Crippen molar-refractivity contribution < 1.29 is 13.6 Å². The third-order valence-electron chi connectivity index (χ3n) is 4.51. The Kier molecular flexibility index (Phi) is 4.61. The van der Waals surface area contributed by atoms with Gasteiger partial charge in [-0.1, -0.05) is 30.3 Å². The van der Waals surface area contributed by atoms with Gasteiger partial charge in [0.25, 0.3) is 5.91 Å². The monoisotopic (exact) mass is 377 g/mol. The third kappa shape index (κ3) is 3.13. The van der Waals surface area contributed by atoms with Crippen LogP contribution >= 0.6 is 0 Å². The molecule has 2 aromatic heterocycles. The summed E-state index contributed by atoms with van der Waals surface area (Å²) in [5, 5.41) is 2.63. The minimum absolute atomic E-state index is 0.0486. The highest BCUT2D eigenvalue weighted by atomic mass is 19.2.